The predicted molar refractivity (Wildman–Crippen MR) is 92.9 cm³/mol. The fourth-order valence-electron chi connectivity index (χ4n) is 3.29. The second-order valence-electron chi connectivity index (χ2n) is 6.88. The van der Waals surface area contributed by atoms with Gasteiger partial charge in [-0.05, 0) is 24.0 Å². The molecule has 6 nitrogen and oxygen atoms in total. The molecule has 1 aromatic carbocycles. The normalized spacial score (nSPS) is 17.3. The number of carbonyl (C=O) groups excluding carboxylic acids is 1. The van der Waals surface area contributed by atoms with Gasteiger partial charge in [-0.25, -0.2) is 4.68 Å². The molecular formula is C18H21N5O. The molecule has 0 saturated heterocycles. The molecule has 0 fully saturated rings. The number of hydrogen-bond donors (Lipinski definition) is 2. The Morgan fingerprint density at radius 1 is 1.33 bits per heavy atom. The second-order valence-corrected chi connectivity index (χ2v) is 6.88. The van der Waals surface area contributed by atoms with Crippen molar-refractivity contribution >= 4 is 22.6 Å². The number of benzene rings is 1. The zero-order valence-corrected chi connectivity index (χ0v) is 13.9. The van der Waals surface area contributed by atoms with Crippen LogP contribution in [-0.4, -0.2) is 25.9 Å². The van der Waals surface area contributed by atoms with Crippen LogP contribution in [0.5, 0.6) is 0 Å². The summed E-state index contributed by atoms with van der Waals surface area (Å²) in [4.78, 5) is 12.2. The molecule has 2 N–H and O–H groups in total. The predicted octanol–water partition coefficient (Wildman–Crippen LogP) is 3.28. The van der Waals surface area contributed by atoms with E-state index in [1.165, 1.54) is 0 Å². The van der Waals surface area contributed by atoms with Crippen molar-refractivity contribution in [2.75, 3.05) is 5.32 Å². The van der Waals surface area contributed by atoms with Crippen molar-refractivity contribution in [2.24, 2.45) is 5.92 Å². The Labute approximate surface area is 140 Å². The lowest BCUT2D eigenvalue weighted by Gasteiger charge is -2.24. The van der Waals surface area contributed by atoms with Gasteiger partial charge in [-0.2, -0.15) is 10.2 Å². The van der Waals surface area contributed by atoms with E-state index in [9.17, 15) is 4.79 Å². The Morgan fingerprint density at radius 3 is 3.04 bits per heavy atom. The third kappa shape index (κ3) is 2.58. The number of H-pyrrole nitrogens is 1. The second kappa shape index (κ2) is 5.78. The fourth-order valence-corrected chi connectivity index (χ4v) is 3.29. The lowest BCUT2D eigenvalue weighted by molar-refractivity contribution is -0.116. The first-order valence-corrected chi connectivity index (χ1v) is 8.40. The SMILES string of the molecule is CC(C)CCn1ncc2c1NC(=O)CC2c1ccc2cn[nH]c2c1. The summed E-state index contributed by atoms with van der Waals surface area (Å²) < 4.78 is 1.92. The van der Waals surface area contributed by atoms with Crippen LogP contribution < -0.4 is 5.32 Å². The summed E-state index contributed by atoms with van der Waals surface area (Å²) in [5.74, 6) is 1.53. The van der Waals surface area contributed by atoms with Crippen LogP contribution >= 0.6 is 0 Å². The fraction of sp³-hybridized carbons (Fsp3) is 0.389. The molecule has 2 aromatic heterocycles. The van der Waals surface area contributed by atoms with Crippen molar-refractivity contribution in [1.29, 1.82) is 0 Å². The van der Waals surface area contributed by atoms with E-state index >= 15 is 0 Å². The highest BCUT2D eigenvalue weighted by atomic mass is 16.1. The number of nitrogens with zero attached hydrogens (tertiary/aromatic N) is 3. The molecule has 24 heavy (non-hydrogen) atoms. The Hall–Kier alpha value is -2.63. The van der Waals surface area contributed by atoms with Gasteiger partial charge in [0.2, 0.25) is 5.91 Å². The van der Waals surface area contributed by atoms with Gasteiger partial charge in [-0.1, -0.05) is 26.0 Å². The maximum absolute atomic E-state index is 12.2. The van der Waals surface area contributed by atoms with Crippen LogP contribution in [-0.2, 0) is 11.3 Å². The molecule has 0 radical (unpaired) electrons. The highest BCUT2D eigenvalue weighted by Crippen LogP contribution is 2.37. The minimum Gasteiger partial charge on any atom is -0.311 e. The van der Waals surface area contributed by atoms with Crippen LogP contribution in [0.15, 0.2) is 30.6 Å². The number of rotatable bonds is 4. The number of aryl methyl sites for hydroxylation is 1. The lowest BCUT2D eigenvalue weighted by atomic mass is 9.87. The van der Waals surface area contributed by atoms with Gasteiger partial charge in [0.25, 0.3) is 0 Å². The van der Waals surface area contributed by atoms with Crippen molar-refractivity contribution in [3.63, 3.8) is 0 Å². The lowest BCUT2D eigenvalue weighted by Crippen LogP contribution is -2.25. The summed E-state index contributed by atoms with van der Waals surface area (Å²) in [6.45, 7) is 5.20. The smallest absolute Gasteiger partial charge is 0.226 e. The molecule has 0 aliphatic carbocycles. The van der Waals surface area contributed by atoms with Crippen molar-refractivity contribution in [1.82, 2.24) is 20.0 Å². The Kier molecular flexibility index (Phi) is 3.59. The molecule has 6 heteroatoms. The summed E-state index contributed by atoms with van der Waals surface area (Å²) in [5, 5.41) is 15.7. The number of anilines is 1. The molecule has 1 amide bonds. The largest absolute Gasteiger partial charge is 0.311 e. The summed E-state index contributed by atoms with van der Waals surface area (Å²) >= 11 is 0. The van der Waals surface area contributed by atoms with E-state index in [4.69, 9.17) is 0 Å². The first-order chi connectivity index (χ1) is 11.6. The summed E-state index contributed by atoms with van der Waals surface area (Å²) in [7, 11) is 0. The topological polar surface area (TPSA) is 75.6 Å². The Balaban J connectivity index is 1.71. The van der Waals surface area contributed by atoms with Crippen LogP contribution in [0.4, 0.5) is 5.82 Å². The van der Waals surface area contributed by atoms with Crippen molar-refractivity contribution in [3.05, 3.63) is 41.7 Å². The van der Waals surface area contributed by atoms with Gasteiger partial charge in [0.15, 0.2) is 0 Å². The van der Waals surface area contributed by atoms with E-state index in [0.717, 1.165) is 40.8 Å². The molecule has 0 spiro atoms. The number of nitrogens with one attached hydrogen (secondary N) is 2. The number of hydrogen-bond acceptors (Lipinski definition) is 3. The van der Waals surface area contributed by atoms with Crippen LogP contribution in [0, 0.1) is 5.92 Å². The Bertz CT molecular complexity index is 892. The minimum atomic E-state index is 0.0363. The number of carbonyl (C=O) groups is 1. The molecule has 1 aliphatic rings. The molecule has 4 rings (SSSR count). The maximum Gasteiger partial charge on any atom is 0.226 e. The van der Waals surface area contributed by atoms with Gasteiger partial charge >= 0.3 is 0 Å². The van der Waals surface area contributed by atoms with E-state index in [1.807, 2.05) is 23.1 Å². The van der Waals surface area contributed by atoms with E-state index in [0.29, 0.717) is 12.3 Å². The molecule has 0 saturated carbocycles. The number of aromatic nitrogens is 4. The van der Waals surface area contributed by atoms with Gasteiger partial charge in [0.05, 0.1) is 17.9 Å². The number of fused-ring (bicyclic) bond motifs is 2. The van der Waals surface area contributed by atoms with Gasteiger partial charge < -0.3 is 5.32 Å². The molecule has 0 bridgehead atoms. The summed E-state index contributed by atoms with van der Waals surface area (Å²) in [6.07, 6.45) is 5.19. The molecular weight excluding hydrogens is 302 g/mol. The van der Waals surface area contributed by atoms with Crippen LogP contribution in [0.25, 0.3) is 10.9 Å². The van der Waals surface area contributed by atoms with Crippen LogP contribution in [0.1, 0.15) is 43.7 Å². The molecule has 1 aliphatic heterocycles. The molecule has 3 heterocycles. The van der Waals surface area contributed by atoms with E-state index in [-0.39, 0.29) is 11.8 Å². The van der Waals surface area contributed by atoms with Gasteiger partial charge in [-0.15, -0.1) is 0 Å². The third-order valence-electron chi connectivity index (χ3n) is 4.68. The zero-order chi connectivity index (χ0) is 16.7. The first kappa shape index (κ1) is 14.9. The van der Waals surface area contributed by atoms with Crippen LogP contribution in [0.3, 0.4) is 0 Å². The van der Waals surface area contributed by atoms with E-state index < -0.39 is 0 Å². The molecule has 1 unspecified atom stereocenters. The standard InChI is InChI=1S/C18H21N5O/c1-11(2)5-6-23-18-15(10-20-23)14(8-17(24)21-18)12-3-4-13-9-19-22-16(13)7-12/h3-4,7,9-11,14H,5-6,8H2,1-2H3,(H,19,22)(H,21,24). The highest BCUT2D eigenvalue weighted by molar-refractivity contribution is 5.94. The highest BCUT2D eigenvalue weighted by Gasteiger charge is 2.30. The van der Waals surface area contributed by atoms with Gasteiger partial charge in [0.1, 0.15) is 5.82 Å². The molecule has 1 atom stereocenters. The van der Waals surface area contributed by atoms with E-state index in [2.05, 4.69) is 46.6 Å². The van der Waals surface area contributed by atoms with Gasteiger partial charge in [-0.3, -0.25) is 9.89 Å². The monoisotopic (exact) mass is 323 g/mol. The molecule has 3 aromatic rings. The van der Waals surface area contributed by atoms with Crippen molar-refractivity contribution < 1.29 is 4.79 Å². The quantitative estimate of drug-likeness (QED) is 0.773. The van der Waals surface area contributed by atoms with Gasteiger partial charge in [0, 0.05) is 29.8 Å². The van der Waals surface area contributed by atoms with Crippen molar-refractivity contribution in [3.8, 4) is 0 Å². The zero-order valence-electron chi connectivity index (χ0n) is 13.9. The third-order valence-corrected chi connectivity index (χ3v) is 4.68. The van der Waals surface area contributed by atoms with E-state index in [1.54, 1.807) is 0 Å². The number of amides is 1. The van der Waals surface area contributed by atoms with Crippen molar-refractivity contribution in [2.45, 2.75) is 39.2 Å². The summed E-state index contributed by atoms with van der Waals surface area (Å²) in [6, 6.07) is 6.21. The van der Waals surface area contributed by atoms with Crippen LogP contribution in [0.2, 0.25) is 0 Å². The first-order valence-electron chi connectivity index (χ1n) is 8.40. The number of aromatic amines is 1. The maximum atomic E-state index is 12.2. The average Bonchev–Trinajstić information content (AvgIpc) is 3.17. The summed E-state index contributed by atoms with van der Waals surface area (Å²) in [5.41, 5.74) is 3.20. The Morgan fingerprint density at radius 2 is 2.21 bits per heavy atom. The molecule has 124 valence electrons. The minimum absolute atomic E-state index is 0.0363. The average molecular weight is 323 g/mol.